The van der Waals surface area contributed by atoms with Crippen LogP contribution in [0.15, 0.2) is 48.5 Å². The number of rotatable bonds is 10. The highest BCUT2D eigenvalue weighted by Crippen LogP contribution is 2.29. The van der Waals surface area contributed by atoms with E-state index in [0.717, 1.165) is 11.1 Å². The maximum atomic E-state index is 12.4. The average molecular weight is 392 g/mol. The Balaban J connectivity index is 1.89. The number of amides is 1. The van der Waals surface area contributed by atoms with Gasteiger partial charge in [0.25, 0.3) is 0 Å². The number of hydrogen-bond donors (Lipinski definition) is 2. The molecular weight excluding hydrogens is 366 g/mol. The summed E-state index contributed by atoms with van der Waals surface area (Å²) in [6.45, 7) is 1.69. The number of halogens is 2. The summed E-state index contributed by atoms with van der Waals surface area (Å²) < 4.78 is 34.2. The van der Waals surface area contributed by atoms with Crippen molar-refractivity contribution in [1.82, 2.24) is 10.6 Å². The number of carbonyl (C=O) groups excluding carboxylic acids is 1. The lowest BCUT2D eigenvalue weighted by molar-refractivity contribution is -0.120. The van der Waals surface area contributed by atoms with E-state index in [1.807, 2.05) is 30.3 Å². The molecule has 0 saturated heterocycles. The van der Waals surface area contributed by atoms with E-state index in [0.29, 0.717) is 5.92 Å². The second-order valence-electron chi connectivity index (χ2n) is 6.65. The Morgan fingerprint density at radius 1 is 1.07 bits per heavy atom. The van der Waals surface area contributed by atoms with Crippen molar-refractivity contribution >= 4 is 5.91 Å². The molecule has 0 unspecified atom stereocenters. The van der Waals surface area contributed by atoms with Crippen molar-refractivity contribution in [1.29, 1.82) is 0 Å². The van der Waals surface area contributed by atoms with Gasteiger partial charge in [-0.1, -0.05) is 50.2 Å². The minimum Gasteiger partial charge on any atom is -0.493 e. The molecule has 0 aliphatic carbocycles. The third kappa shape index (κ3) is 6.49. The summed E-state index contributed by atoms with van der Waals surface area (Å²) in [7, 11) is 1.37. The first kappa shape index (κ1) is 21.6. The first-order valence-corrected chi connectivity index (χ1v) is 9.07. The minimum atomic E-state index is -2.93. The lowest BCUT2D eigenvalue weighted by atomic mass is 9.96. The second-order valence-corrected chi connectivity index (χ2v) is 6.65. The lowest BCUT2D eigenvalue weighted by Gasteiger charge is -2.22. The van der Waals surface area contributed by atoms with E-state index >= 15 is 0 Å². The molecule has 5 nitrogen and oxygen atoms in total. The second kappa shape index (κ2) is 10.6. The van der Waals surface area contributed by atoms with E-state index in [9.17, 15) is 13.6 Å². The quantitative estimate of drug-likeness (QED) is 0.644. The largest absolute Gasteiger partial charge is 0.493 e. The van der Waals surface area contributed by atoms with Gasteiger partial charge in [0.05, 0.1) is 13.7 Å². The monoisotopic (exact) mass is 392 g/mol. The maximum Gasteiger partial charge on any atom is 0.387 e. The molecular formula is C21H26F2N2O3. The summed E-state index contributed by atoms with van der Waals surface area (Å²) in [6.07, 6.45) is 0. The van der Waals surface area contributed by atoms with Crippen molar-refractivity contribution in [2.75, 3.05) is 13.7 Å². The van der Waals surface area contributed by atoms with Crippen molar-refractivity contribution in [2.45, 2.75) is 33.0 Å². The van der Waals surface area contributed by atoms with E-state index in [2.05, 4.69) is 29.2 Å². The van der Waals surface area contributed by atoms with Gasteiger partial charge in [-0.05, 0) is 29.2 Å². The molecule has 0 fully saturated rings. The Hall–Kier alpha value is -2.67. The topological polar surface area (TPSA) is 59.6 Å². The standard InChI is InChI=1S/C21H26F2N2O3/c1-14(2)20(16-7-5-4-6-8-16)25-13-19(26)24-12-15-9-10-17(28-21(22)23)18(11-15)27-3/h4-11,14,20-21,25H,12-13H2,1-3H3,(H,24,26)/t20-/m1/s1. The third-order valence-electron chi connectivity index (χ3n) is 4.24. The number of nitrogens with one attached hydrogen (secondary N) is 2. The molecule has 152 valence electrons. The molecule has 2 N–H and O–H groups in total. The average Bonchev–Trinajstić information content (AvgIpc) is 2.67. The molecule has 2 rings (SSSR count). The van der Waals surface area contributed by atoms with Gasteiger partial charge >= 0.3 is 6.61 Å². The highest BCUT2D eigenvalue weighted by atomic mass is 19.3. The van der Waals surface area contributed by atoms with Gasteiger partial charge in [-0.15, -0.1) is 0 Å². The van der Waals surface area contributed by atoms with Crippen LogP contribution < -0.4 is 20.1 Å². The van der Waals surface area contributed by atoms with Crippen LogP contribution in [0.5, 0.6) is 11.5 Å². The highest BCUT2D eigenvalue weighted by molar-refractivity contribution is 5.78. The van der Waals surface area contributed by atoms with Gasteiger partial charge in [-0.2, -0.15) is 8.78 Å². The summed E-state index contributed by atoms with van der Waals surface area (Å²) in [6, 6.07) is 14.6. The molecule has 0 aromatic heterocycles. The summed E-state index contributed by atoms with van der Waals surface area (Å²) in [4.78, 5) is 12.2. The fraction of sp³-hybridized carbons (Fsp3) is 0.381. The highest BCUT2D eigenvalue weighted by Gasteiger charge is 2.16. The smallest absolute Gasteiger partial charge is 0.387 e. The van der Waals surface area contributed by atoms with Crippen LogP contribution in [-0.4, -0.2) is 26.2 Å². The molecule has 28 heavy (non-hydrogen) atoms. The van der Waals surface area contributed by atoms with E-state index in [1.165, 1.54) is 13.2 Å². The van der Waals surface area contributed by atoms with Gasteiger partial charge in [0.2, 0.25) is 5.91 Å². The van der Waals surface area contributed by atoms with E-state index in [-0.39, 0.29) is 36.5 Å². The normalized spacial score (nSPS) is 12.1. The molecule has 1 atom stereocenters. The minimum absolute atomic E-state index is 0.0446. The Bertz CT molecular complexity index is 755. The van der Waals surface area contributed by atoms with Crippen LogP contribution in [0.3, 0.4) is 0 Å². The van der Waals surface area contributed by atoms with Crippen molar-refractivity contribution in [3.63, 3.8) is 0 Å². The van der Waals surface area contributed by atoms with Crippen LogP contribution >= 0.6 is 0 Å². The predicted molar refractivity (Wildman–Crippen MR) is 103 cm³/mol. The van der Waals surface area contributed by atoms with Crippen LogP contribution in [0.1, 0.15) is 31.0 Å². The SMILES string of the molecule is COc1cc(CNC(=O)CN[C@@H](c2ccccc2)C(C)C)ccc1OC(F)F. The van der Waals surface area contributed by atoms with Crippen LogP contribution in [0.25, 0.3) is 0 Å². The molecule has 0 bridgehead atoms. The first-order valence-electron chi connectivity index (χ1n) is 9.07. The fourth-order valence-corrected chi connectivity index (χ4v) is 2.88. The number of ether oxygens (including phenoxy) is 2. The van der Waals surface area contributed by atoms with E-state index < -0.39 is 6.61 Å². The Labute approximate surface area is 164 Å². The summed E-state index contributed by atoms with van der Waals surface area (Å²) in [5.74, 6) is 0.307. The van der Waals surface area contributed by atoms with Crippen molar-refractivity contribution in [3.8, 4) is 11.5 Å². The van der Waals surface area contributed by atoms with Gasteiger partial charge in [0.1, 0.15) is 0 Å². The van der Waals surface area contributed by atoms with Gasteiger partial charge in [0, 0.05) is 12.6 Å². The summed E-state index contributed by atoms with van der Waals surface area (Å²) in [5.41, 5.74) is 1.85. The number of benzene rings is 2. The Kier molecular flexibility index (Phi) is 8.19. The van der Waals surface area contributed by atoms with Crippen LogP contribution in [0, 0.1) is 5.92 Å². The van der Waals surface area contributed by atoms with Crippen molar-refractivity contribution in [3.05, 3.63) is 59.7 Å². The van der Waals surface area contributed by atoms with Gasteiger partial charge in [0.15, 0.2) is 11.5 Å². The van der Waals surface area contributed by atoms with E-state index in [1.54, 1.807) is 12.1 Å². The third-order valence-corrected chi connectivity index (χ3v) is 4.24. The van der Waals surface area contributed by atoms with Crippen molar-refractivity contribution < 1.29 is 23.0 Å². The lowest BCUT2D eigenvalue weighted by Crippen LogP contribution is -2.37. The maximum absolute atomic E-state index is 12.4. The van der Waals surface area contributed by atoms with Crippen molar-refractivity contribution in [2.24, 2.45) is 5.92 Å². The van der Waals surface area contributed by atoms with Gasteiger partial charge in [-0.25, -0.2) is 0 Å². The van der Waals surface area contributed by atoms with Crippen LogP contribution in [0.2, 0.25) is 0 Å². The molecule has 0 radical (unpaired) electrons. The molecule has 0 aliphatic heterocycles. The molecule has 2 aromatic carbocycles. The van der Waals surface area contributed by atoms with Crippen LogP contribution in [0.4, 0.5) is 8.78 Å². The fourth-order valence-electron chi connectivity index (χ4n) is 2.88. The molecule has 7 heteroatoms. The molecule has 2 aromatic rings. The molecule has 0 aliphatic rings. The van der Waals surface area contributed by atoms with Gasteiger partial charge in [-0.3, -0.25) is 4.79 Å². The molecule has 0 saturated carbocycles. The molecule has 0 spiro atoms. The summed E-state index contributed by atoms with van der Waals surface area (Å²) >= 11 is 0. The van der Waals surface area contributed by atoms with Crippen LogP contribution in [-0.2, 0) is 11.3 Å². The predicted octanol–water partition coefficient (Wildman–Crippen LogP) is 3.90. The Morgan fingerprint density at radius 3 is 2.39 bits per heavy atom. The zero-order valence-electron chi connectivity index (χ0n) is 16.2. The molecule has 1 amide bonds. The summed E-state index contributed by atoms with van der Waals surface area (Å²) in [5, 5.41) is 6.10. The first-order chi connectivity index (χ1) is 13.4. The number of methoxy groups -OCH3 is 1. The number of alkyl halides is 2. The van der Waals surface area contributed by atoms with Gasteiger partial charge < -0.3 is 20.1 Å². The zero-order valence-corrected chi connectivity index (χ0v) is 16.2. The van der Waals surface area contributed by atoms with E-state index in [4.69, 9.17) is 4.74 Å². The Morgan fingerprint density at radius 2 is 1.79 bits per heavy atom. The zero-order chi connectivity index (χ0) is 20.5. The number of carbonyl (C=O) groups is 1. The number of hydrogen-bond acceptors (Lipinski definition) is 4. The molecule has 0 heterocycles.